The number of anilines is 1. The van der Waals surface area contributed by atoms with Gasteiger partial charge in [0.1, 0.15) is 0 Å². The first-order valence-corrected chi connectivity index (χ1v) is 10.2. The van der Waals surface area contributed by atoms with E-state index in [4.69, 9.17) is 4.74 Å². The molecule has 1 N–H and O–H groups in total. The lowest BCUT2D eigenvalue weighted by Gasteiger charge is -2.06. The highest BCUT2D eigenvalue weighted by molar-refractivity contribution is 5.82. The molecule has 0 saturated heterocycles. The zero-order valence-electron chi connectivity index (χ0n) is 16.8. The second-order valence-corrected chi connectivity index (χ2v) is 6.57. The van der Waals surface area contributed by atoms with E-state index in [-0.39, 0.29) is 5.97 Å². The van der Waals surface area contributed by atoms with Crippen molar-refractivity contribution in [3.05, 3.63) is 60.7 Å². The van der Waals surface area contributed by atoms with Crippen LogP contribution in [0.4, 0.5) is 5.69 Å². The van der Waals surface area contributed by atoms with Crippen LogP contribution in [0.25, 0.3) is 6.08 Å². The summed E-state index contributed by atoms with van der Waals surface area (Å²) >= 11 is 0. The Morgan fingerprint density at radius 3 is 2.33 bits per heavy atom. The van der Waals surface area contributed by atoms with Crippen LogP contribution in [0, 0.1) is 0 Å². The van der Waals surface area contributed by atoms with E-state index in [2.05, 4.69) is 36.2 Å². The van der Waals surface area contributed by atoms with Gasteiger partial charge in [-0.2, -0.15) is 0 Å². The first kappa shape index (κ1) is 22.8. The van der Waals surface area contributed by atoms with E-state index in [1.54, 1.807) is 13.0 Å². The molecule has 0 atom stereocenters. The highest BCUT2D eigenvalue weighted by atomic mass is 16.5. The van der Waals surface area contributed by atoms with E-state index in [0.29, 0.717) is 6.61 Å². The summed E-state index contributed by atoms with van der Waals surface area (Å²) in [6, 6.07) is 8.32. The number of allylic oxidation sites excluding steroid dienone is 3. The van der Waals surface area contributed by atoms with Gasteiger partial charge in [0.15, 0.2) is 0 Å². The second kappa shape index (κ2) is 15.9. The minimum absolute atomic E-state index is 0.311. The molecular formula is C24H35NO2. The Morgan fingerprint density at radius 1 is 1.00 bits per heavy atom. The molecule has 0 aromatic heterocycles. The summed E-state index contributed by atoms with van der Waals surface area (Å²) < 4.78 is 4.83. The molecule has 0 aliphatic carbocycles. The number of carbonyl (C=O) groups excluding carboxylic acids is 1. The van der Waals surface area contributed by atoms with Crippen molar-refractivity contribution in [1.82, 2.24) is 0 Å². The van der Waals surface area contributed by atoms with Crippen molar-refractivity contribution >= 4 is 17.7 Å². The van der Waals surface area contributed by atoms with Crippen molar-refractivity contribution in [3.8, 4) is 0 Å². The van der Waals surface area contributed by atoms with E-state index >= 15 is 0 Å². The third-order valence-corrected chi connectivity index (χ3v) is 4.24. The molecule has 1 rings (SSSR count). The van der Waals surface area contributed by atoms with Crippen molar-refractivity contribution in [2.75, 3.05) is 18.5 Å². The Morgan fingerprint density at radius 2 is 1.67 bits per heavy atom. The molecule has 3 nitrogen and oxygen atoms in total. The molecule has 0 aliphatic rings. The Labute approximate surface area is 165 Å². The van der Waals surface area contributed by atoms with Gasteiger partial charge in [0.2, 0.25) is 0 Å². The van der Waals surface area contributed by atoms with E-state index in [1.807, 2.05) is 18.2 Å². The average Bonchev–Trinajstić information content (AvgIpc) is 2.68. The SMILES string of the molecule is C=CCCCCCCCCCNc1ccc(C=CC=CC(=O)OCC)cc1. The lowest BCUT2D eigenvalue weighted by atomic mass is 10.1. The van der Waals surface area contributed by atoms with E-state index < -0.39 is 0 Å². The summed E-state index contributed by atoms with van der Waals surface area (Å²) in [5.74, 6) is -0.311. The number of hydrogen-bond acceptors (Lipinski definition) is 3. The lowest BCUT2D eigenvalue weighted by molar-refractivity contribution is -0.137. The van der Waals surface area contributed by atoms with Crippen LogP contribution in [0.1, 0.15) is 63.9 Å². The second-order valence-electron chi connectivity index (χ2n) is 6.57. The van der Waals surface area contributed by atoms with Crippen molar-refractivity contribution in [2.24, 2.45) is 0 Å². The van der Waals surface area contributed by atoms with Crippen LogP contribution >= 0.6 is 0 Å². The fraction of sp³-hybridized carbons (Fsp3) is 0.458. The van der Waals surface area contributed by atoms with Crippen LogP contribution in [0.3, 0.4) is 0 Å². The predicted molar refractivity (Wildman–Crippen MR) is 117 cm³/mol. The van der Waals surface area contributed by atoms with Gasteiger partial charge in [-0.3, -0.25) is 0 Å². The predicted octanol–water partition coefficient (Wildman–Crippen LogP) is 6.54. The number of esters is 1. The van der Waals surface area contributed by atoms with Crippen LogP contribution in [-0.4, -0.2) is 19.1 Å². The maximum absolute atomic E-state index is 11.2. The Hall–Kier alpha value is -2.29. The number of benzene rings is 1. The zero-order valence-corrected chi connectivity index (χ0v) is 16.8. The van der Waals surface area contributed by atoms with Crippen LogP contribution in [0.5, 0.6) is 0 Å². The number of hydrogen-bond donors (Lipinski definition) is 1. The van der Waals surface area contributed by atoms with Crippen LogP contribution in [0.2, 0.25) is 0 Å². The molecule has 0 saturated carbocycles. The Bertz CT molecular complexity index is 573. The number of rotatable bonds is 15. The fourth-order valence-corrected chi connectivity index (χ4v) is 2.73. The molecule has 0 aliphatic heterocycles. The van der Waals surface area contributed by atoms with Crippen molar-refractivity contribution in [2.45, 2.75) is 58.3 Å². The molecule has 1 aromatic rings. The van der Waals surface area contributed by atoms with E-state index in [0.717, 1.165) is 24.2 Å². The minimum Gasteiger partial charge on any atom is -0.463 e. The summed E-state index contributed by atoms with van der Waals surface area (Å²) in [7, 11) is 0. The number of nitrogens with one attached hydrogen (secondary N) is 1. The molecule has 1 aromatic carbocycles. The molecule has 0 heterocycles. The smallest absolute Gasteiger partial charge is 0.330 e. The number of unbranched alkanes of at least 4 members (excludes halogenated alkanes) is 7. The molecule has 0 unspecified atom stereocenters. The molecule has 0 radical (unpaired) electrons. The van der Waals surface area contributed by atoms with Crippen molar-refractivity contribution < 1.29 is 9.53 Å². The first-order valence-electron chi connectivity index (χ1n) is 10.2. The van der Waals surface area contributed by atoms with Gasteiger partial charge in [-0.05, 0) is 43.9 Å². The third kappa shape index (κ3) is 12.7. The van der Waals surface area contributed by atoms with Gasteiger partial charge in [-0.1, -0.05) is 68.5 Å². The summed E-state index contributed by atoms with van der Waals surface area (Å²) in [6.45, 7) is 6.98. The zero-order chi connectivity index (χ0) is 19.6. The summed E-state index contributed by atoms with van der Waals surface area (Å²) in [5.41, 5.74) is 2.25. The van der Waals surface area contributed by atoms with Crippen LogP contribution < -0.4 is 5.32 Å². The van der Waals surface area contributed by atoms with E-state index in [1.165, 1.54) is 51.0 Å². The monoisotopic (exact) mass is 369 g/mol. The summed E-state index contributed by atoms with van der Waals surface area (Å²) in [6.07, 6.45) is 19.3. The highest BCUT2D eigenvalue weighted by Crippen LogP contribution is 2.12. The van der Waals surface area contributed by atoms with Gasteiger partial charge >= 0.3 is 5.97 Å². The summed E-state index contributed by atoms with van der Waals surface area (Å²) in [4.78, 5) is 11.2. The third-order valence-electron chi connectivity index (χ3n) is 4.24. The highest BCUT2D eigenvalue weighted by Gasteiger charge is 1.94. The topological polar surface area (TPSA) is 38.3 Å². The fourth-order valence-electron chi connectivity index (χ4n) is 2.73. The molecule has 27 heavy (non-hydrogen) atoms. The van der Waals surface area contributed by atoms with Gasteiger partial charge in [0.25, 0.3) is 0 Å². The van der Waals surface area contributed by atoms with Gasteiger partial charge in [0, 0.05) is 18.3 Å². The number of ether oxygens (including phenoxy) is 1. The normalized spacial score (nSPS) is 11.1. The van der Waals surface area contributed by atoms with Gasteiger partial charge in [0.05, 0.1) is 6.61 Å². The first-order chi connectivity index (χ1) is 13.3. The Balaban J connectivity index is 2.12. The Kier molecular flexibility index (Phi) is 13.4. The molecule has 148 valence electrons. The van der Waals surface area contributed by atoms with Gasteiger partial charge in [-0.15, -0.1) is 6.58 Å². The van der Waals surface area contributed by atoms with Crippen LogP contribution in [0.15, 0.2) is 55.1 Å². The maximum atomic E-state index is 11.2. The summed E-state index contributed by atoms with van der Waals surface area (Å²) in [5, 5.41) is 3.48. The van der Waals surface area contributed by atoms with Gasteiger partial charge < -0.3 is 10.1 Å². The molecule has 0 bridgehead atoms. The van der Waals surface area contributed by atoms with Crippen molar-refractivity contribution in [3.63, 3.8) is 0 Å². The number of carbonyl (C=O) groups is 1. The molecule has 0 amide bonds. The largest absolute Gasteiger partial charge is 0.463 e. The molecular weight excluding hydrogens is 334 g/mol. The molecule has 3 heteroatoms. The molecule has 0 fully saturated rings. The van der Waals surface area contributed by atoms with Gasteiger partial charge in [-0.25, -0.2) is 4.79 Å². The van der Waals surface area contributed by atoms with Crippen LogP contribution in [-0.2, 0) is 9.53 Å². The minimum atomic E-state index is -0.311. The average molecular weight is 370 g/mol. The quantitative estimate of drug-likeness (QED) is 0.125. The lowest BCUT2D eigenvalue weighted by Crippen LogP contribution is -2.01. The van der Waals surface area contributed by atoms with Crippen molar-refractivity contribution in [1.29, 1.82) is 0 Å². The van der Waals surface area contributed by atoms with E-state index in [9.17, 15) is 4.79 Å². The maximum Gasteiger partial charge on any atom is 0.330 e. The molecule has 0 spiro atoms. The standard InChI is InChI=1S/C24H35NO2/c1-3-5-6-7-8-9-10-11-14-21-25-23-19-17-22(18-20-23)15-12-13-16-24(26)27-4-2/h3,12-13,15-20,25H,1,4-11,14,21H2,2H3.